The highest BCUT2D eigenvalue weighted by atomic mass is 16.5. The fraction of sp³-hybridized carbons (Fsp3) is 0.900. The summed E-state index contributed by atoms with van der Waals surface area (Å²) in [6.07, 6.45) is 2.36. The van der Waals surface area contributed by atoms with Crippen molar-refractivity contribution in [3.63, 3.8) is 0 Å². The fourth-order valence-electron chi connectivity index (χ4n) is 1.66. The van der Waals surface area contributed by atoms with Crippen LogP contribution < -0.4 is 10.6 Å². The predicted octanol–water partition coefficient (Wildman–Crippen LogP) is -0.748. The maximum absolute atomic E-state index is 11.5. The molecule has 88 valence electrons. The fourth-order valence-corrected chi connectivity index (χ4v) is 1.66. The van der Waals surface area contributed by atoms with Gasteiger partial charge in [-0.05, 0) is 19.3 Å². The molecule has 1 fully saturated rings. The van der Waals surface area contributed by atoms with Crippen molar-refractivity contribution in [1.29, 1.82) is 0 Å². The van der Waals surface area contributed by atoms with Gasteiger partial charge in [-0.2, -0.15) is 0 Å². The van der Waals surface area contributed by atoms with Gasteiger partial charge in [-0.25, -0.2) is 0 Å². The van der Waals surface area contributed by atoms with Crippen molar-refractivity contribution in [1.82, 2.24) is 10.6 Å². The highest BCUT2D eigenvalue weighted by Crippen LogP contribution is 2.05. The van der Waals surface area contributed by atoms with Gasteiger partial charge in [0.05, 0.1) is 18.8 Å². The summed E-state index contributed by atoms with van der Waals surface area (Å²) < 4.78 is 4.80. The number of amides is 1. The van der Waals surface area contributed by atoms with Crippen LogP contribution in [0, 0.1) is 0 Å². The minimum atomic E-state index is -0.550. The van der Waals surface area contributed by atoms with Gasteiger partial charge in [-0.1, -0.05) is 0 Å². The number of methoxy groups -OCH3 is 1. The third-order valence-electron chi connectivity index (χ3n) is 2.49. The summed E-state index contributed by atoms with van der Waals surface area (Å²) in [6, 6.07) is -0.168. The van der Waals surface area contributed by atoms with Crippen LogP contribution >= 0.6 is 0 Å². The Hall–Kier alpha value is -0.650. The van der Waals surface area contributed by atoms with Gasteiger partial charge in [0.25, 0.3) is 0 Å². The Labute approximate surface area is 90.2 Å². The molecule has 0 saturated carbocycles. The van der Waals surface area contributed by atoms with Crippen LogP contribution in [0.15, 0.2) is 0 Å². The van der Waals surface area contributed by atoms with Gasteiger partial charge in [0.15, 0.2) is 0 Å². The van der Waals surface area contributed by atoms with Crippen LogP contribution in [0.2, 0.25) is 0 Å². The molecule has 15 heavy (non-hydrogen) atoms. The van der Waals surface area contributed by atoms with Crippen molar-refractivity contribution >= 4 is 5.91 Å². The molecule has 1 heterocycles. The van der Waals surface area contributed by atoms with Crippen molar-refractivity contribution in [2.24, 2.45) is 0 Å². The van der Waals surface area contributed by atoms with E-state index in [1.165, 1.54) is 0 Å². The number of ether oxygens (including phenoxy) is 1. The Morgan fingerprint density at radius 2 is 2.47 bits per heavy atom. The Morgan fingerprint density at radius 3 is 3.20 bits per heavy atom. The lowest BCUT2D eigenvalue weighted by Crippen LogP contribution is -2.46. The molecule has 0 aromatic carbocycles. The van der Waals surface area contributed by atoms with Crippen molar-refractivity contribution in [3.05, 3.63) is 0 Å². The predicted molar refractivity (Wildman–Crippen MR) is 56.5 cm³/mol. The molecular formula is C10H20N2O3. The summed E-state index contributed by atoms with van der Waals surface area (Å²) in [5.74, 6) is 0.0390. The average Bonchev–Trinajstić information content (AvgIpc) is 2.41. The molecule has 1 aliphatic rings. The molecule has 1 rings (SSSR count). The molecule has 2 unspecified atom stereocenters. The first-order valence-corrected chi connectivity index (χ1v) is 5.42. The first-order chi connectivity index (χ1) is 7.24. The first kappa shape index (κ1) is 12.4. The maximum atomic E-state index is 11.5. The second-order valence-electron chi connectivity index (χ2n) is 3.86. The Morgan fingerprint density at radius 1 is 1.67 bits per heavy atom. The number of carbonyl (C=O) groups is 1. The van der Waals surface area contributed by atoms with Crippen LogP contribution in [-0.2, 0) is 9.53 Å². The topological polar surface area (TPSA) is 70.6 Å². The van der Waals surface area contributed by atoms with Crippen LogP contribution in [0.25, 0.3) is 0 Å². The molecule has 0 aliphatic carbocycles. The van der Waals surface area contributed by atoms with E-state index < -0.39 is 6.10 Å². The SMILES string of the molecule is COCC(O)CNC1CCCCNC1=O. The molecule has 0 aromatic rings. The number of hydrogen-bond acceptors (Lipinski definition) is 4. The minimum absolute atomic E-state index is 0.0390. The molecule has 5 nitrogen and oxygen atoms in total. The summed E-state index contributed by atoms with van der Waals surface area (Å²) in [6.45, 7) is 1.45. The number of hydrogen-bond donors (Lipinski definition) is 3. The first-order valence-electron chi connectivity index (χ1n) is 5.42. The third-order valence-corrected chi connectivity index (χ3v) is 2.49. The monoisotopic (exact) mass is 216 g/mol. The highest BCUT2D eigenvalue weighted by molar-refractivity contribution is 5.81. The van der Waals surface area contributed by atoms with Crippen molar-refractivity contribution in [2.75, 3.05) is 26.8 Å². The molecule has 1 amide bonds. The number of rotatable bonds is 5. The van der Waals surface area contributed by atoms with E-state index in [2.05, 4.69) is 10.6 Å². The van der Waals surface area contributed by atoms with Crippen LogP contribution in [0.1, 0.15) is 19.3 Å². The zero-order chi connectivity index (χ0) is 11.1. The highest BCUT2D eigenvalue weighted by Gasteiger charge is 2.20. The average molecular weight is 216 g/mol. The lowest BCUT2D eigenvalue weighted by molar-refractivity contribution is -0.123. The number of nitrogens with one attached hydrogen (secondary N) is 2. The van der Waals surface area contributed by atoms with Crippen LogP contribution in [-0.4, -0.2) is 50.0 Å². The minimum Gasteiger partial charge on any atom is -0.389 e. The molecule has 1 aliphatic heterocycles. The molecule has 0 radical (unpaired) electrons. The molecule has 0 aromatic heterocycles. The zero-order valence-electron chi connectivity index (χ0n) is 9.16. The van der Waals surface area contributed by atoms with Crippen LogP contribution in [0.5, 0.6) is 0 Å². The molecule has 0 bridgehead atoms. The van der Waals surface area contributed by atoms with Gasteiger partial charge in [0.1, 0.15) is 0 Å². The lowest BCUT2D eigenvalue weighted by Gasteiger charge is -2.17. The van der Waals surface area contributed by atoms with E-state index in [4.69, 9.17) is 4.74 Å². The zero-order valence-corrected chi connectivity index (χ0v) is 9.16. The summed E-state index contributed by atoms with van der Waals surface area (Å²) >= 11 is 0. The van der Waals surface area contributed by atoms with Gasteiger partial charge >= 0.3 is 0 Å². The van der Waals surface area contributed by atoms with Crippen molar-refractivity contribution in [2.45, 2.75) is 31.4 Å². The van der Waals surface area contributed by atoms with Gasteiger partial charge in [0.2, 0.25) is 5.91 Å². The van der Waals surface area contributed by atoms with E-state index in [1.807, 2.05) is 0 Å². The third kappa shape index (κ3) is 4.59. The second kappa shape index (κ2) is 6.76. The summed E-state index contributed by atoms with van der Waals surface area (Å²) in [4.78, 5) is 11.5. The van der Waals surface area contributed by atoms with Gasteiger partial charge < -0.3 is 20.5 Å². The summed E-state index contributed by atoms with van der Waals surface area (Å²) in [5.41, 5.74) is 0. The van der Waals surface area contributed by atoms with Gasteiger partial charge in [-0.3, -0.25) is 4.79 Å². The standard InChI is InChI=1S/C10H20N2O3/c1-15-7-8(13)6-12-9-4-2-3-5-11-10(9)14/h8-9,12-13H,2-7H2,1H3,(H,11,14). The van der Waals surface area contributed by atoms with E-state index in [9.17, 15) is 9.90 Å². The lowest BCUT2D eigenvalue weighted by atomic mass is 10.1. The van der Waals surface area contributed by atoms with E-state index in [0.717, 1.165) is 25.8 Å². The largest absolute Gasteiger partial charge is 0.389 e. The molecule has 2 atom stereocenters. The van der Waals surface area contributed by atoms with E-state index in [0.29, 0.717) is 13.2 Å². The summed E-state index contributed by atoms with van der Waals surface area (Å²) in [7, 11) is 1.54. The number of aliphatic hydroxyl groups is 1. The Balaban J connectivity index is 2.26. The normalized spacial score (nSPS) is 24.4. The molecular weight excluding hydrogens is 196 g/mol. The van der Waals surface area contributed by atoms with Crippen LogP contribution in [0.3, 0.4) is 0 Å². The Kier molecular flexibility index (Phi) is 5.60. The number of aliphatic hydroxyl groups excluding tert-OH is 1. The maximum Gasteiger partial charge on any atom is 0.237 e. The Bertz CT molecular complexity index is 199. The van der Waals surface area contributed by atoms with E-state index >= 15 is 0 Å². The molecule has 1 saturated heterocycles. The second-order valence-corrected chi connectivity index (χ2v) is 3.86. The molecule has 0 spiro atoms. The number of carbonyl (C=O) groups excluding carboxylic acids is 1. The van der Waals surface area contributed by atoms with Crippen LogP contribution in [0.4, 0.5) is 0 Å². The van der Waals surface area contributed by atoms with Gasteiger partial charge in [0, 0.05) is 20.2 Å². The smallest absolute Gasteiger partial charge is 0.237 e. The van der Waals surface area contributed by atoms with Gasteiger partial charge in [-0.15, -0.1) is 0 Å². The quantitative estimate of drug-likeness (QED) is 0.565. The summed E-state index contributed by atoms with van der Waals surface area (Å²) in [5, 5.41) is 15.3. The molecule has 5 heteroatoms. The van der Waals surface area contributed by atoms with Crippen molar-refractivity contribution in [3.8, 4) is 0 Å². The van der Waals surface area contributed by atoms with Crippen molar-refractivity contribution < 1.29 is 14.6 Å². The van der Waals surface area contributed by atoms with E-state index in [1.54, 1.807) is 7.11 Å². The van der Waals surface area contributed by atoms with E-state index in [-0.39, 0.29) is 11.9 Å². The molecule has 3 N–H and O–H groups in total.